The maximum absolute atomic E-state index is 6.11. The summed E-state index contributed by atoms with van der Waals surface area (Å²) in [5, 5.41) is 2.65. The number of thioether (sulfide) groups is 1. The van der Waals surface area contributed by atoms with Gasteiger partial charge >= 0.3 is 0 Å². The molecule has 0 N–H and O–H groups in total. The zero-order valence-corrected chi connectivity index (χ0v) is 13.6. The van der Waals surface area contributed by atoms with E-state index < -0.39 is 0 Å². The molecule has 1 aliphatic carbocycles. The van der Waals surface area contributed by atoms with E-state index in [1.165, 1.54) is 53.5 Å². The number of ether oxygens (including phenoxy) is 1. The average Bonchev–Trinajstić information content (AvgIpc) is 3.34. The van der Waals surface area contributed by atoms with E-state index in [1.54, 1.807) is 0 Å². The van der Waals surface area contributed by atoms with Crippen LogP contribution in [0.5, 0.6) is 5.75 Å². The van der Waals surface area contributed by atoms with Gasteiger partial charge in [0.1, 0.15) is 5.75 Å². The first-order chi connectivity index (χ1) is 10.4. The molecule has 1 fully saturated rings. The molecule has 0 unspecified atom stereocenters. The lowest BCUT2D eigenvalue weighted by Gasteiger charge is -2.14. The van der Waals surface area contributed by atoms with E-state index in [2.05, 4.69) is 43.3 Å². The van der Waals surface area contributed by atoms with Crippen molar-refractivity contribution in [1.82, 2.24) is 0 Å². The SMILES string of the molecule is CCCCCSc1c(OCC2CC2)ccc2ccccc12. The molecule has 0 aliphatic heterocycles. The first kappa shape index (κ1) is 14.8. The number of hydrogen-bond acceptors (Lipinski definition) is 2. The van der Waals surface area contributed by atoms with Gasteiger partial charge in [-0.05, 0) is 47.8 Å². The number of benzene rings is 2. The fourth-order valence-electron chi connectivity index (χ4n) is 2.50. The second kappa shape index (κ2) is 7.22. The van der Waals surface area contributed by atoms with Crippen molar-refractivity contribution in [2.24, 2.45) is 5.92 Å². The van der Waals surface area contributed by atoms with Gasteiger partial charge in [0, 0.05) is 0 Å². The number of rotatable bonds is 8. The van der Waals surface area contributed by atoms with Gasteiger partial charge in [-0.2, -0.15) is 0 Å². The second-order valence-electron chi connectivity index (χ2n) is 5.92. The van der Waals surface area contributed by atoms with Crippen LogP contribution in [0.4, 0.5) is 0 Å². The predicted molar refractivity (Wildman–Crippen MR) is 92.4 cm³/mol. The monoisotopic (exact) mass is 300 g/mol. The van der Waals surface area contributed by atoms with Crippen LogP contribution in [0, 0.1) is 5.92 Å². The van der Waals surface area contributed by atoms with Crippen molar-refractivity contribution >= 4 is 22.5 Å². The molecule has 2 aromatic rings. The Kier molecular flexibility index (Phi) is 5.08. The third-order valence-electron chi connectivity index (χ3n) is 4.01. The summed E-state index contributed by atoms with van der Waals surface area (Å²) in [5.74, 6) is 3.07. The van der Waals surface area contributed by atoms with Gasteiger partial charge in [-0.25, -0.2) is 0 Å². The highest BCUT2D eigenvalue weighted by Crippen LogP contribution is 2.38. The van der Waals surface area contributed by atoms with Gasteiger partial charge in [-0.15, -0.1) is 11.8 Å². The summed E-state index contributed by atoms with van der Waals surface area (Å²) in [7, 11) is 0. The molecule has 2 heteroatoms. The zero-order valence-electron chi connectivity index (χ0n) is 12.8. The number of fused-ring (bicyclic) bond motifs is 1. The summed E-state index contributed by atoms with van der Waals surface area (Å²) in [5.41, 5.74) is 0. The molecule has 0 radical (unpaired) electrons. The molecule has 0 heterocycles. The van der Waals surface area contributed by atoms with Crippen molar-refractivity contribution in [3.8, 4) is 5.75 Å². The van der Waals surface area contributed by atoms with E-state index in [4.69, 9.17) is 4.74 Å². The second-order valence-corrected chi connectivity index (χ2v) is 7.03. The van der Waals surface area contributed by atoms with E-state index >= 15 is 0 Å². The Hall–Kier alpha value is -1.15. The Morgan fingerprint density at radius 2 is 1.95 bits per heavy atom. The predicted octanol–water partition coefficient (Wildman–Crippen LogP) is 5.91. The van der Waals surface area contributed by atoms with Crippen molar-refractivity contribution in [3.05, 3.63) is 36.4 Å². The maximum Gasteiger partial charge on any atom is 0.133 e. The van der Waals surface area contributed by atoms with Crippen molar-refractivity contribution in [2.45, 2.75) is 43.9 Å². The third kappa shape index (κ3) is 3.94. The molecular weight excluding hydrogens is 276 g/mol. The summed E-state index contributed by atoms with van der Waals surface area (Å²) in [6, 6.07) is 13.0. The quantitative estimate of drug-likeness (QED) is 0.442. The smallest absolute Gasteiger partial charge is 0.133 e. The van der Waals surface area contributed by atoms with E-state index in [9.17, 15) is 0 Å². The van der Waals surface area contributed by atoms with Gasteiger partial charge in [-0.3, -0.25) is 0 Å². The summed E-state index contributed by atoms with van der Waals surface area (Å²) in [4.78, 5) is 1.34. The van der Waals surface area contributed by atoms with Crippen LogP contribution in [-0.2, 0) is 0 Å². The Morgan fingerprint density at radius 1 is 1.10 bits per heavy atom. The molecule has 1 nitrogen and oxygen atoms in total. The number of unbranched alkanes of at least 4 members (excludes halogenated alkanes) is 2. The molecule has 1 aliphatic rings. The van der Waals surface area contributed by atoms with E-state index in [1.807, 2.05) is 11.8 Å². The molecule has 3 rings (SSSR count). The van der Waals surface area contributed by atoms with Gasteiger partial charge < -0.3 is 4.74 Å². The van der Waals surface area contributed by atoms with Crippen molar-refractivity contribution in [1.29, 1.82) is 0 Å². The lowest BCUT2D eigenvalue weighted by atomic mass is 10.1. The van der Waals surface area contributed by atoms with Crippen molar-refractivity contribution in [3.63, 3.8) is 0 Å². The molecule has 0 aromatic heterocycles. The molecule has 1 saturated carbocycles. The van der Waals surface area contributed by atoms with Crippen LogP contribution in [0.25, 0.3) is 10.8 Å². The molecule has 0 atom stereocenters. The fourth-order valence-corrected chi connectivity index (χ4v) is 3.67. The van der Waals surface area contributed by atoms with Gasteiger partial charge in [-0.1, -0.05) is 50.1 Å². The fraction of sp³-hybridized carbons (Fsp3) is 0.474. The van der Waals surface area contributed by atoms with Crippen LogP contribution >= 0.6 is 11.8 Å². The minimum absolute atomic E-state index is 0.800. The molecule has 2 aromatic carbocycles. The molecule has 21 heavy (non-hydrogen) atoms. The lowest BCUT2D eigenvalue weighted by Crippen LogP contribution is -2.00. The van der Waals surface area contributed by atoms with Crippen molar-refractivity contribution in [2.75, 3.05) is 12.4 Å². The highest BCUT2D eigenvalue weighted by Gasteiger charge is 2.22. The highest BCUT2D eigenvalue weighted by atomic mass is 32.2. The number of hydrogen-bond donors (Lipinski definition) is 0. The van der Waals surface area contributed by atoms with Crippen LogP contribution in [0.15, 0.2) is 41.3 Å². The topological polar surface area (TPSA) is 9.23 Å². The van der Waals surface area contributed by atoms with Crippen molar-refractivity contribution < 1.29 is 4.74 Å². The van der Waals surface area contributed by atoms with Gasteiger partial charge in [0.15, 0.2) is 0 Å². The van der Waals surface area contributed by atoms with E-state index in [0.717, 1.165) is 18.3 Å². The Morgan fingerprint density at radius 3 is 2.76 bits per heavy atom. The molecular formula is C19H24OS. The van der Waals surface area contributed by atoms with E-state index in [-0.39, 0.29) is 0 Å². The lowest BCUT2D eigenvalue weighted by molar-refractivity contribution is 0.294. The van der Waals surface area contributed by atoms with E-state index in [0.29, 0.717) is 0 Å². The molecule has 112 valence electrons. The molecule has 0 bridgehead atoms. The third-order valence-corrected chi connectivity index (χ3v) is 5.21. The average molecular weight is 300 g/mol. The molecule has 0 saturated heterocycles. The van der Waals surface area contributed by atoms with Crippen LogP contribution in [0.1, 0.15) is 39.0 Å². The largest absolute Gasteiger partial charge is 0.492 e. The standard InChI is InChI=1S/C19H24OS/c1-2-3-6-13-21-19-17-8-5-4-7-16(17)11-12-18(19)20-14-15-9-10-15/h4-5,7-8,11-12,15H,2-3,6,9-10,13-14H2,1H3. The van der Waals surface area contributed by atoms with Crippen LogP contribution in [0.3, 0.4) is 0 Å². The van der Waals surface area contributed by atoms with Gasteiger partial charge in [0.2, 0.25) is 0 Å². The van der Waals surface area contributed by atoms with Crippen LogP contribution < -0.4 is 4.74 Å². The maximum atomic E-state index is 6.11. The van der Waals surface area contributed by atoms with Crippen LogP contribution in [-0.4, -0.2) is 12.4 Å². The Labute approximate surface area is 132 Å². The highest BCUT2D eigenvalue weighted by molar-refractivity contribution is 7.99. The minimum atomic E-state index is 0.800. The minimum Gasteiger partial charge on any atom is -0.492 e. The first-order valence-corrected chi connectivity index (χ1v) is 9.14. The zero-order chi connectivity index (χ0) is 14.5. The molecule has 0 spiro atoms. The molecule has 0 amide bonds. The normalized spacial score (nSPS) is 14.5. The van der Waals surface area contributed by atoms with Gasteiger partial charge in [0.05, 0.1) is 11.5 Å². The summed E-state index contributed by atoms with van der Waals surface area (Å²) in [6.07, 6.45) is 6.56. The summed E-state index contributed by atoms with van der Waals surface area (Å²) in [6.45, 7) is 3.15. The van der Waals surface area contributed by atoms with Gasteiger partial charge in [0.25, 0.3) is 0 Å². The summed E-state index contributed by atoms with van der Waals surface area (Å²) >= 11 is 1.96. The Balaban J connectivity index is 1.80. The summed E-state index contributed by atoms with van der Waals surface area (Å²) < 4.78 is 6.11. The Bertz CT molecular complexity index is 589. The van der Waals surface area contributed by atoms with Crippen LogP contribution in [0.2, 0.25) is 0 Å². The first-order valence-electron chi connectivity index (χ1n) is 8.16.